The first-order valence-corrected chi connectivity index (χ1v) is 9.97. The number of rotatable bonds is 6. The number of aryl methyl sites for hydroxylation is 1. The number of benzene rings is 1. The summed E-state index contributed by atoms with van der Waals surface area (Å²) >= 11 is 0. The number of likely N-dealkylation sites (tertiary alicyclic amines) is 1. The van der Waals surface area contributed by atoms with Gasteiger partial charge in [-0.15, -0.1) is 5.10 Å². The van der Waals surface area contributed by atoms with E-state index >= 15 is 0 Å². The van der Waals surface area contributed by atoms with Gasteiger partial charge in [-0.1, -0.05) is 17.3 Å². The molecule has 3 aromatic rings. The highest BCUT2D eigenvalue weighted by Crippen LogP contribution is 2.23. The number of carbonyl (C=O) groups is 2. The molecule has 1 aromatic carbocycles. The van der Waals surface area contributed by atoms with Crippen LogP contribution >= 0.6 is 0 Å². The second-order valence-electron chi connectivity index (χ2n) is 7.80. The van der Waals surface area contributed by atoms with Gasteiger partial charge in [-0.3, -0.25) is 14.2 Å². The summed E-state index contributed by atoms with van der Waals surface area (Å²) in [6.07, 6.45) is 0.567. The van der Waals surface area contributed by atoms with Crippen molar-refractivity contribution in [2.45, 2.75) is 38.1 Å². The van der Waals surface area contributed by atoms with Gasteiger partial charge in [0.25, 0.3) is 5.91 Å². The predicted octanol–water partition coefficient (Wildman–Crippen LogP) is 0.917. The summed E-state index contributed by atoms with van der Waals surface area (Å²) in [7, 11) is 3.22. The van der Waals surface area contributed by atoms with Gasteiger partial charge in [0.15, 0.2) is 11.3 Å². The van der Waals surface area contributed by atoms with Crippen LogP contribution in [-0.4, -0.2) is 74.0 Å². The van der Waals surface area contributed by atoms with Crippen molar-refractivity contribution in [1.29, 1.82) is 0 Å². The molecule has 2 aromatic heterocycles. The van der Waals surface area contributed by atoms with Crippen molar-refractivity contribution in [3.8, 4) is 0 Å². The highest BCUT2D eigenvalue weighted by Gasteiger charge is 2.35. The van der Waals surface area contributed by atoms with E-state index in [4.69, 9.17) is 4.42 Å². The molecule has 0 spiro atoms. The van der Waals surface area contributed by atoms with E-state index < -0.39 is 18.0 Å². The summed E-state index contributed by atoms with van der Waals surface area (Å²) in [4.78, 5) is 39.8. The van der Waals surface area contributed by atoms with Crippen molar-refractivity contribution in [1.82, 2.24) is 29.4 Å². The number of hydrogen-bond acceptors (Lipinski definition) is 6. The number of amides is 2. The largest absolute Gasteiger partial charge is 0.419 e. The standard InChI is InChI=1S/C20H23FN6O4/c1-24(2)19(29)15-12-25(23-22-15)11-14-9-13(21)10-27(14)18(28)7-8-26-16-5-3-4-6-17(16)31-20(26)30/h3-6,12-14H,7-11H2,1-2H3/t13-,14-/m0/s1. The summed E-state index contributed by atoms with van der Waals surface area (Å²) in [5, 5.41) is 7.79. The summed E-state index contributed by atoms with van der Waals surface area (Å²) in [5.41, 5.74) is 1.25. The molecule has 0 unspecified atom stereocenters. The van der Waals surface area contributed by atoms with Gasteiger partial charge in [0.05, 0.1) is 30.8 Å². The Labute approximate surface area is 176 Å². The van der Waals surface area contributed by atoms with E-state index in [0.717, 1.165) is 0 Å². The van der Waals surface area contributed by atoms with Gasteiger partial charge in [-0.25, -0.2) is 13.9 Å². The predicted molar refractivity (Wildman–Crippen MR) is 108 cm³/mol. The number of oxazole rings is 1. The number of carbonyl (C=O) groups excluding carboxylic acids is 2. The zero-order valence-electron chi connectivity index (χ0n) is 17.3. The van der Waals surface area contributed by atoms with Crippen LogP contribution in [0.25, 0.3) is 11.1 Å². The molecule has 0 bridgehead atoms. The van der Waals surface area contributed by atoms with Crippen LogP contribution in [0.15, 0.2) is 39.7 Å². The molecule has 0 aliphatic carbocycles. The molecular weight excluding hydrogens is 407 g/mol. The normalized spacial score (nSPS) is 18.6. The maximum Gasteiger partial charge on any atom is 0.419 e. The van der Waals surface area contributed by atoms with Crippen LogP contribution in [0.2, 0.25) is 0 Å². The van der Waals surface area contributed by atoms with Crippen LogP contribution in [0, 0.1) is 0 Å². The fraction of sp³-hybridized carbons (Fsp3) is 0.450. The van der Waals surface area contributed by atoms with Crippen LogP contribution in [0.5, 0.6) is 0 Å². The maximum atomic E-state index is 14.1. The molecule has 1 fully saturated rings. The zero-order chi connectivity index (χ0) is 22.1. The number of alkyl halides is 1. The maximum absolute atomic E-state index is 14.1. The van der Waals surface area contributed by atoms with Crippen LogP contribution in [-0.2, 0) is 17.9 Å². The Morgan fingerprint density at radius 1 is 1.29 bits per heavy atom. The lowest BCUT2D eigenvalue weighted by Gasteiger charge is -2.24. The first kappa shape index (κ1) is 20.8. The molecule has 2 amide bonds. The van der Waals surface area contributed by atoms with Gasteiger partial charge in [0.2, 0.25) is 5.91 Å². The number of nitrogens with zero attached hydrogens (tertiary/aromatic N) is 6. The Morgan fingerprint density at radius 3 is 2.84 bits per heavy atom. The third-order valence-electron chi connectivity index (χ3n) is 5.37. The van der Waals surface area contributed by atoms with Crippen LogP contribution in [0.4, 0.5) is 4.39 Å². The number of hydrogen-bond donors (Lipinski definition) is 0. The lowest BCUT2D eigenvalue weighted by atomic mass is 10.2. The third-order valence-corrected chi connectivity index (χ3v) is 5.37. The molecular formula is C20H23FN6O4. The highest BCUT2D eigenvalue weighted by molar-refractivity contribution is 5.91. The second kappa shape index (κ2) is 8.32. The molecule has 1 saturated heterocycles. The van der Waals surface area contributed by atoms with Crippen molar-refractivity contribution in [2.24, 2.45) is 0 Å². The molecule has 3 heterocycles. The summed E-state index contributed by atoms with van der Waals surface area (Å²) < 4.78 is 22.2. The fourth-order valence-corrected chi connectivity index (χ4v) is 3.85. The molecule has 0 saturated carbocycles. The van der Waals surface area contributed by atoms with Gasteiger partial charge in [0, 0.05) is 33.5 Å². The van der Waals surface area contributed by atoms with Gasteiger partial charge in [-0.05, 0) is 12.1 Å². The van der Waals surface area contributed by atoms with E-state index in [1.165, 1.54) is 25.2 Å². The van der Waals surface area contributed by atoms with E-state index in [2.05, 4.69) is 10.3 Å². The molecule has 164 valence electrons. The van der Waals surface area contributed by atoms with Gasteiger partial charge < -0.3 is 14.2 Å². The van der Waals surface area contributed by atoms with Crippen molar-refractivity contribution in [3.05, 3.63) is 46.7 Å². The molecule has 31 heavy (non-hydrogen) atoms. The lowest BCUT2D eigenvalue weighted by molar-refractivity contribution is -0.132. The summed E-state index contributed by atoms with van der Waals surface area (Å²) in [6.45, 7) is 0.358. The molecule has 1 aliphatic heterocycles. The Morgan fingerprint density at radius 2 is 2.06 bits per heavy atom. The van der Waals surface area contributed by atoms with Crippen molar-refractivity contribution in [3.63, 3.8) is 0 Å². The van der Waals surface area contributed by atoms with Crippen LogP contribution < -0.4 is 5.76 Å². The second-order valence-corrected chi connectivity index (χ2v) is 7.80. The quantitative estimate of drug-likeness (QED) is 0.576. The molecule has 2 atom stereocenters. The Balaban J connectivity index is 1.44. The Bertz CT molecular complexity index is 1170. The average Bonchev–Trinajstić information content (AvgIpc) is 3.42. The first-order chi connectivity index (χ1) is 14.8. The molecule has 4 rings (SSSR count). The Kier molecular flexibility index (Phi) is 5.57. The lowest BCUT2D eigenvalue weighted by Crippen LogP contribution is -2.39. The smallest absolute Gasteiger partial charge is 0.408 e. The number of para-hydroxylation sites is 2. The average molecular weight is 430 g/mol. The summed E-state index contributed by atoms with van der Waals surface area (Å²) in [5.74, 6) is -1.07. The third kappa shape index (κ3) is 4.21. The van der Waals surface area contributed by atoms with Crippen molar-refractivity contribution in [2.75, 3.05) is 20.6 Å². The van der Waals surface area contributed by atoms with Gasteiger partial charge in [-0.2, -0.15) is 0 Å². The monoisotopic (exact) mass is 430 g/mol. The fourth-order valence-electron chi connectivity index (χ4n) is 3.85. The number of fused-ring (bicyclic) bond motifs is 1. The zero-order valence-corrected chi connectivity index (χ0v) is 17.3. The Hall–Kier alpha value is -3.50. The highest BCUT2D eigenvalue weighted by atomic mass is 19.1. The minimum absolute atomic E-state index is 0.0112. The minimum Gasteiger partial charge on any atom is -0.408 e. The van der Waals surface area contributed by atoms with E-state index in [1.807, 2.05) is 0 Å². The molecule has 0 radical (unpaired) electrons. The van der Waals surface area contributed by atoms with E-state index in [0.29, 0.717) is 11.1 Å². The van der Waals surface area contributed by atoms with Crippen molar-refractivity contribution < 1.29 is 18.4 Å². The SMILES string of the molecule is CN(C)C(=O)c1cn(C[C@@H]2C[C@H](F)CN2C(=O)CCn2c(=O)oc3ccccc32)nn1. The molecule has 10 nitrogen and oxygen atoms in total. The number of halogens is 1. The first-order valence-electron chi connectivity index (χ1n) is 9.97. The van der Waals surface area contributed by atoms with Crippen LogP contribution in [0.1, 0.15) is 23.3 Å². The molecule has 1 aliphatic rings. The van der Waals surface area contributed by atoms with E-state index in [1.54, 1.807) is 38.4 Å². The van der Waals surface area contributed by atoms with Gasteiger partial charge >= 0.3 is 5.76 Å². The van der Waals surface area contributed by atoms with Crippen LogP contribution in [0.3, 0.4) is 0 Å². The van der Waals surface area contributed by atoms with Gasteiger partial charge in [0.1, 0.15) is 6.17 Å². The van der Waals surface area contributed by atoms with E-state index in [-0.39, 0.29) is 50.0 Å². The molecule has 11 heteroatoms. The topological polar surface area (TPSA) is 106 Å². The minimum atomic E-state index is -1.14. The summed E-state index contributed by atoms with van der Waals surface area (Å²) in [6, 6.07) is 6.57. The van der Waals surface area contributed by atoms with Crippen molar-refractivity contribution >= 4 is 22.9 Å². The number of aromatic nitrogens is 4. The molecule has 0 N–H and O–H groups in total. The van der Waals surface area contributed by atoms with E-state index in [9.17, 15) is 18.8 Å².